The second-order valence-electron chi connectivity index (χ2n) is 4.71. The van der Waals surface area contributed by atoms with E-state index in [4.69, 9.17) is 0 Å². The van der Waals surface area contributed by atoms with E-state index in [-0.39, 0.29) is 5.91 Å². The largest absolute Gasteiger partial charge is 0.320 e. The number of amides is 1. The number of hydrogen-bond acceptors (Lipinski definition) is 3. The van der Waals surface area contributed by atoms with Crippen LogP contribution >= 0.6 is 0 Å². The van der Waals surface area contributed by atoms with E-state index in [0.717, 1.165) is 11.3 Å². The van der Waals surface area contributed by atoms with Crippen molar-refractivity contribution in [3.05, 3.63) is 72.3 Å². The molecule has 1 heterocycles. The van der Waals surface area contributed by atoms with Gasteiger partial charge >= 0.3 is 0 Å². The maximum atomic E-state index is 12.3. The van der Waals surface area contributed by atoms with Gasteiger partial charge in [-0.25, -0.2) is 0 Å². The fourth-order valence-electron chi connectivity index (χ4n) is 2.07. The van der Waals surface area contributed by atoms with E-state index < -0.39 is 0 Å². The van der Waals surface area contributed by atoms with E-state index in [1.165, 1.54) is 0 Å². The third kappa shape index (κ3) is 2.81. The highest BCUT2D eigenvalue weighted by atomic mass is 16.1. The highest BCUT2D eigenvalue weighted by Crippen LogP contribution is 2.22. The number of anilines is 1. The lowest BCUT2D eigenvalue weighted by Crippen LogP contribution is -2.13. The summed E-state index contributed by atoms with van der Waals surface area (Å²) in [6.07, 6.45) is 3.21. The molecule has 3 aromatic rings. The average Bonchev–Trinajstić information content (AvgIpc) is 3.04. The summed E-state index contributed by atoms with van der Waals surface area (Å²) in [4.78, 5) is 12.3. The molecule has 0 radical (unpaired) electrons. The Morgan fingerprint density at radius 1 is 1.05 bits per heavy atom. The Kier molecular flexibility index (Phi) is 3.47. The van der Waals surface area contributed by atoms with Crippen molar-refractivity contribution < 1.29 is 4.79 Å². The van der Waals surface area contributed by atoms with Gasteiger partial charge in [-0.15, -0.1) is 10.2 Å². The van der Waals surface area contributed by atoms with E-state index in [0.29, 0.717) is 11.3 Å². The Labute approximate surface area is 122 Å². The van der Waals surface area contributed by atoms with Gasteiger partial charge in [-0.1, -0.05) is 24.3 Å². The summed E-state index contributed by atoms with van der Waals surface area (Å²) >= 11 is 0. The Hall–Kier alpha value is -2.95. The van der Waals surface area contributed by atoms with Crippen LogP contribution in [0.2, 0.25) is 0 Å². The molecule has 0 fully saturated rings. The van der Waals surface area contributed by atoms with Crippen molar-refractivity contribution in [2.24, 2.45) is 0 Å². The lowest BCUT2D eigenvalue weighted by Gasteiger charge is -2.12. The van der Waals surface area contributed by atoms with Gasteiger partial charge in [0.05, 0.1) is 11.4 Å². The Morgan fingerprint density at radius 3 is 2.48 bits per heavy atom. The van der Waals surface area contributed by atoms with Gasteiger partial charge in [-0.05, 0) is 36.8 Å². The summed E-state index contributed by atoms with van der Waals surface area (Å²) in [5.41, 5.74) is 3.27. The van der Waals surface area contributed by atoms with Crippen LogP contribution in [0.25, 0.3) is 5.69 Å². The van der Waals surface area contributed by atoms with Crippen LogP contribution in [-0.2, 0) is 0 Å². The summed E-state index contributed by atoms with van der Waals surface area (Å²) in [6, 6.07) is 14.9. The zero-order valence-electron chi connectivity index (χ0n) is 11.5. The van der Waals surface area contributed by atoms with Crippen molar-refractivity contribution in [1.29, 1.82) is 0 Å². The van der Waals surface area contributed by atoms with Crippen LogP contribution in [0.15, 0.2) is 61.2 Å². The number of benzene rings is 2. The van der Waals surface area contributed by atoms with Crippen molar-refractivity contribution >= 4 is 11.6 Å². The number of nitrogens with zero attached hydrogens (tertiary/aromatic N) is 3. The lowest BCUT2D eigenvalue weighted by atomic mass is 10.1. The summed E-state index contributed by atoms with van der Waals surface area (Å²) < 4.78 is 1.77. The number of rotatable bonds is 3. The van der Waals surface area contributed by atoms with Crippen LogP contribution in [0.5, 0.6) is 0 Å². The molecule has 5 nitrogen and oxygen atoms in total. The minimum absolute atomic E-state index is 0.145. The molecular weight excluding hydrogens is 264 g/mol. The second-order valence-corrected chi connectivity index (χ2v) is 4.71. The van der Waals surface area contributed by atoms with E-state index in [2.05, 4.69) is 15.5 Å². The summed E-state index contributed by atoms with van der Waals surface area (Å²) in [5.74, 6) is -0.145. The van der Waals surface area contributed by atoms with E-state index in [1.807, 2.05) is 43.3 Å². The molecule has 0 saturated heterocycles. The first kappa shape index (κ1) is 13.1. The minimum Gasteiger partial charge on any atom is -0.320 e. The Balaban J connectivity index is 1.94. The molecule has 1 aromatic heterocycles. The van der Waals surface area contributed by atoms with Crippen LogP contribution in [0.1, 0.15) is 15.9 Å². The maximum Gasteiger partial charge on any atom is 0.255 e. The molecule has 3 rings (SSSR count). The number of hydrogen-bond donors (Lipinski definition) is 1. The van der Waals surface area contributed by atoms with Crippen LogP contribution in [0.4, 0.5) is 5.69 Å². The molecule has 0 spiro atoms. The highest BCUT2D eigenvalue weighted by Gasteiger charge is 2.10. The Morgan fingerprint density at radius 2 is 1.76 bits per heavy atom. The molecule has 0 aliphatic heterocycles. The number of carbonyl (C=O) groups excluding carboxylic acids is 1. The number of aryl methyl sites for hydroxylation is 1. The Bertz CT molecular complexity index is 751. The zero-order valence-corrected chi connectivity index (χ0v) is 11.5. The predicted octanol–water partition coefficient (Wildman–Crippen LogP) is 2.83. The zero-order chi connectivity index (χ0) is 14.7. The van der Waals surface area contributed by atoms with E-state index in [1.54, 1.807) is 29.4 Å². The number of carbonyl (C=O) groups is 1. The smallest absolute Gasteiger partial charge is 0.255 e. The fourth-order valence-corrected chi connectivity index (χ4v) is 2.07. The molecule has 0 aliphatic carbocycles. The van der Waals surface area contributed by atoms with Crippen molar-refractivity contribution in [3.8, 4) is 5.69 Å². The normalized spacial score (nSPS) is 10.3. The first-order valence-electron chi connectivity index (χ1n) is 6.56. The lowest BCUT2D eigenvalue weighted by molar-refractivity contribution is 0.102. The molecule has 0 aliphatic rings. The van der Waals surface area contributed by atoms with E-state index >= 15 is 0 Å². The van der Waals surface area contributed by atoms with Crippen LogP contribution in [0.3, 0.4) is 0 Å². The van der Waals surface area contributed by atoms with Gasteiger partial charge in [0, 0.05) is 5.56 Å². The molecule has 1 N–H and O–H groups in total. The maximum absolute atomic E-state index is 12.3. The molecule has 2 aromatic carbocycles. The summed E-state index contributed by atoms with van der Waals surface area (Å²) in [7, 11) is 0. The van der Waals surface area contributed by atoms with Crippen molar-refractivity contribution in [2.75, 3.05) is 5.32 Å². The van der Waals surface area contributed by atoms with Crippen molar-refractivity contribution in [1.82, 2.24) is 14.8 Å². The molecular formula is C16H14N4O. The van der Waals surface area contributed by atoms with E-state index in [9.17, 15) is 4.79 Å². The standard InChI is InChI=1S/C16H14N4O/c1-12-7-8-14(15(9-12)20-10-17-18-11-20)19-16(21)13-5-3-2-4-6-13/h2-11H,1H3,(H,19,21). The molecule has 21 heavy (non-hydrogen) atoms. The van der Waals surface area contributed by atoms with Gasteiger partial charge < -0.3 is 5.32 Å². The van der Waals surface area contributed by atoms with Crippen LogP contribution in [-0.4, -0.2) is 20.7 Å². The quantitative estimate of drug-likeness (QED) is 0.801. The molecule has 0 atom stereocenters. The van der Waals surface area contributed by atoms with Crippen LogP contribution in [0, 0.1) is 6.92 Å². The SMILES string of the molecule is Cc1ccc(NC(=O)c2ccccc2)c(-n2cnnc2)c1. The topological polar surface area (TPSA) is 59.8 Å². The summed E-state index contributed by atoms with van der Waals surface area (Å²) in [5, 5.41) is 10.5. The molecule has 0 bridgehead atoms. The fraction of sp³-hybridized carbons (Fsp3) is 0.0625. The second kappa shape index (κ2) is 5.58. The first-order chi connectivity index (χ1) is 10.2. The molecule has 0 unspecified atom stereocenters. The third-order valence-electron chi connectivity index (χ3n) is 3.13. The first-order valence-corrected chi connectivity index (χ1v) is 6.56. The monoisotopic (exact) mass is 278 g/mol. The number of nitrogens with one attached hydrogen (secondary N) is 1. The van der Waals surface area contributed by atoms with Crippen LogP contribution < -0.4 is 5.32 Å². The van der Waals surface area contributed by atoms with Gasteiger partial charge in [-0.2, -0.15) is 0 Å². The van der Waals surface area contributed by atoms with Crippen molar-refractivity contribution in [3.63, 3.8) is 0 Å². The van der Waals surface area contributed by atoms with Gasteiger partial charge in [0.2, 0.25) is 0 Å². The predicted molar refractivity (Wildman–Crippen MR) is 80.5 cm³/mol. The molecule has 104 valence electrons. The molecule has 5 heteroatoms. The average molecular weight is 278 g/mol. The highest BCUT2D eigenvalue weighted by molar-refractivity contribution is 6.05. The van der Waals surface area contributed by atoms with Gasteiger partial charge in [0.1, 0.15) is 12.7 Å². The third-order valence-corrected chi connectivity index (χ3v) is 3.13. The molecule has 0 saturated carbocycles. The minimum atomic E-state index is -0.145. The van der Waals surface area contributed by atoms with Crippen molar-refractivity contribution in [2.45, 2.75) is 6.92 Å². The van der Waals surface area contributed by atoms with Gasteiger partial charge in [-0.3, -0.25) is 9.36 Å². The summed E-state index contributed by atoms with van der Waals surface area (Å²) in [6.45, 7) is 2.00. The molecule has 1 amide bonds. The van der Waals surface area contributed by atoms with Gasteiger partial charge in [0.15, 0.2) is 0 Å². The number of aromatic nitrogens is 3. The van der Waals surface area contributed by atoms with Gasteiger partial charge in [0.25, 0.3) is 5.91 Å².